The van der Waals surface area contributed by atoms with Gasteiger partial charge in [0.15, 0.2) is 0 Å². The molecule has 0 spiro atoms. The third-order valence-corrected chi connectivity index (χ3v) is 3.52. The van der Waals surface area contributed by atoms with Gasteiger partial charge in [-0.15, -0.1) is 0 Å². The summed E-state index contributed by atoms with van der Waals surface area (Å²) in [7, 11) is 0. The summed E-state index contributed by atoms with van der Waals surface area (Å²) in [6.45, 7) is 6.09. The molecule has 0 saturated carbocycles. The Morgan fingerprint density at radius 3 is 2.47 bits per heavy atom. The number of aryl methyl sites for hydroxylation is 1. The van der Waals surface area contributed by atoms with Gasteiger partial charge in [-0.25, -0.2) is 0 Å². The van der Waals surface area contributed by atoms with Crippen LogP contribution in [0, 0.1) is 12.8 Å². The smallest absolute Gasteiger partial charge is 0.251 e. The Labute approximate surface area is 114 Å². The third kappa shape index (κ3) is 4.24. The second-order valence-corrected chi connectivity index (χ2v) is 4.85. The number of hydrogen-bond acceptors (Lipinski definition) is 3. The van der Waals surface area contributed by atoms with E-state index >= 15 is 0 Å². The van der Waals surface area contributed by atoms with Crippen molar-refractivity contribution in [2.45, 2.75) is 39.7 Å². The van der Waals surface area contributed by atoms with Gasteiger partial charge in [0.1, 0.15) is 5.75 Å². The minimum atomic E-state index is -0.517. The predicted octanol–water partition coefficient (Wildman–Crippen LogP) is 2.23. The number of aliphatic hydroxyl groups excluding tert-OH is 1. The van der Waals surface area contributed by atoms with Gasteiger partial charge in [-0.2, -0.15) is 0 Å². The number of carbonyl (C=O) groups excluding carboxylic acids is 1. The topological polar surface area (TPSA) is 69.6 Å². The molecule has 0 radical (unpaired) electrons. The quantitative estimate of drug-likeness (QED) is 0.738. The highest BCUT2D eigenvalue weighted by atomic mass is 16.3. The van der Waals surface area contributed by atoms with Crippen molar-refractivity contribution in [3.63, 3.8) is 0 Å². The van der Waals surface area contributed by atoms with Gasteiger partial charge in [0.05, 0.1) is 6.10 Å². The number of hydrogen-bond donors (Lipinski definition) is 3. The Hall–Kier alpha value is -1.55. The van der Waals surface area contributed by atoms with E-state index in [0.29, 0.717) is 5.56 Å². The monoisotopic (exact) mass is 265 g/mol. The number of rotatable bonds is 6. The Bertz CT molecular complexity index is 427. The molecule has 0 bridgehead atoms. The van der Waals surface area contributed by atoms with E-state index in [2.05, 4.69) is 5.32 Å². The summed E-state index contributed by atoms with van der Waals surface area (Å²) in [6.07, 6.45) is 1.27. The number of phenols is 1. The number of carbonyl (C=O) groups is 1. The SMILES string of the molecule is CCC(CC)C(O)CNC(=O)c1ccc(O)cc1C. The van der Waals surface area contributed by atoms with Gasteiger partial charge in [-0.3, -0.25) is 4.79 Å². The van der Waals surface area contributed by atoms with Crippen LogP contribution in [0.4, 0.5) is 0 Å². The minimum Gasteiger partial charge on any atom is -0.508 e. The Morgan fingerprint density at radius 1 is 1.32 bits per heavy atom. The van der Waals surface area contributed by atoms with Crippen molar-refractivity contribution in [3.8, 4) is 5.75 Å². The lowest BCUT2D eigenvalue weighted by atomic mass is 9.96. The molecule has 3 N–H and O–H groups in total. The summed E-state index contributed by atoms with van der Waals surface area (Å²) >= 11 is 0. The third-order valence-electron chi connectivity index (χ3n) is 3.52. The highest BCUT2D eigenvalue weighted by Crippen LogP contribution is 2.16. The Morgan fingerprint density at radius 2 is 1.95 bits per heavy atom. The minimum absolute atomic E-state index is 0.145. The van der Waals surface area contributed by atoms with E-state index in [0.717, 1.165) is 18.4 Å². The normalized spacial score (nSPS) is 12.5. The van der Waals surface area contributed by atoms with Crippen LogP contribution < -0.4 is 5.32 Å². The zero-order valence-corrected chi connectivity index (χ0v) is 11.8. The molecule has 0 heterocycles. The first-order valence-corrected chi connectivity index (χ1v) is 6.75. The van der Waals surface area contributed by atoms with E-state index < -0.39 is 6.10 Å². The van der Waals surface area contributed by atoms with E-state index in [9.17, 15) is 15.0 Å². The molecule has 1 aromatic rings. The average Bonchev–Trinajstić information content (AvgIpc) is 2.37. The van der Waals surface area contributed by atoms with Crippen LogP contribution in [-0.2, 0) is 0 Å². The van der Waals surface area contributed by atoms with Crippen LogP contribution in [0.3, 0.4) is 0 Å². The molecular formula is C15H23NO3. The molecule has 19 heavy (non-hydrogen) atoms. The van der Waals surface area contributed by atoms with Crippen LogP contribution in [0.2, 0.25) is 0 Å². The summed E-state index contributed by atoms with van der Waals surface area (Å²) in [4.78, 5) is 12.0. The van der Waals surface area contributed by atoms with Crippen LogP contribution in [0.25, 0.3) is 0 Å². The molecule has 106 valence electrons. The van der Waals surface area contributed by atoms with Crippen LogP contribution in [-0.4, -0.2) is 28.8 Å². The van der Waals surface area contributed by atoms with Crippen molar-refractivity contribution in [3.05, 3.63) is 29.3 Å². The zero-order valence-electron chi connectivity index (χ0n) is 11.8. The number of nitrogens with one attached hydrogen (secondary N) is 1. The fraction of sp³-hybridized carbons (Fsp3) is 0.533. The number of benzene rings is 1. The van der Waals surface area contributed by atoms with Crippen molar-refractivity contribution >= 4 is 5.91 Å². The lowest BCUT2D eigenvalue weighted by molar-refractivity contribution is 0.0816. The standard InChI is InChI=1S/C15H23NO3/c1-4-11(5-2)14(18)9-16-15(19)13-7-6-12(17)8-10(13)3/h6-8,11,14,17-18H,4-5,9H2,1-3H3,(H,16,19). The number of aromatic hydroxyl groups is 1. The fourth-order valence-corrected chi connectivity index (χ4v) is 2.19. The molecule has 0 aliphatic carbocycles. The largest absolute Gasteiger partial charge is 0.508 e. The van der Waals surface area contributed by atoms with Gasteiger partial charge >= 0.3 is 0 Å². The van der Waals surface area contributed by atoms with Gasteiger partial charge in [0.25, 0.3) is 5.91 Å². The van der Waals surface area contributed by atoms with Gasteiger partial charge in [0.2, 0.25) is 0 Å². The number of phenolic OH excluding ortho intramolecular Hbond substituents is 1. The van der Waals surface area contributed by atoms with E-state index in [-0.39, 0.29) is 24.1 Å². The van der Waals surface area contributed by atoms with E-state index in [1.165, 1.54) is 6.07 Å². The Balaban J connectivity index is 2.60. The summed E-state index contributed by atoms with van der Waals surface area (Å²) in [5.41, 5.74) is 1.24. The molecule has 1 atom stereocenters. The van der Waals surface area contributed by atoms with Crippen molar-refractivity contribution in [2.24, 2.45) is 5.92 Å². The van der Waals surface area contributed by atoms with E-state index in [4.69, 9.17) is 0 Å². The van der Waals surface area contributed by atoms with Crippen LogP contribution in [0.5, 0.6) is 5.75 Å². The van der Waals surface area contributed by atoms with E-state index in [1.807, 2.05) is 13.8 Å². The second kappa shape index (κ2) is 7.14. The second-order valence-electron chi connectivity index (χ2n) is 4.85. The Kier molecular flexibility index (Phi) is 5.83. The molecule has 4 nitrogen and oxygen atoms in total. The van der Waals surface area contributed by atoms with Gasteiger partial charge in [-0.05, 0) is 36.6 Å². The lowest BCUT2D eigenvalue weighted by Gasteiger charge is -2.20. The molecule has 1 rings (SSSR count). The summed E-state index contributed by atoms with van der Waals surface area (Å²) < 4.78 is 0. The highest BCUT2D eigenvalue weighted by molar-refractivity contribution is 5.95. The fourth-order valence-electron chi connectivity index (χ4n) is 2.19. The van der Waals surface area contributed by atoms with Crippen molar-refractivity contribution < 1.29 is 15.0 Å². The molecule has 1 amide bonds. The van der Waals surface area contributed by atoms with Gasteiger partial charge < -0.3 is 15.5 Å². The molecule has 4 heteroatoms. The van der Waals surface area contributed by atoms with Gasteiger partial charge in [0, 0.05) is 12.1 Å². The predicted molar refractivity (Wildman–Crippen MR) is 75.3 cm³/mol. The van der Waals surface area contributed by atoms with Crippen LogP contribution >= 0.6 is 0 Å². The van der Waals surface area contributed by atoms with E-state index in [1.54, 1.807) is 19.1 Å². The van der Waals surface area contributed by atoms with Crippen molar-refractivity contribution in [1.29, 1.82) is 0 Å². The maximum Gasteiger partial charge on any atom is 0.251 e. The molecule has 1 unspecified atom stereocenters. The number of amides is 1. The van der Waals surface area contributed by atoms with Crippen molar-refractivity contribution in [2.75, 3.05) is 6.54 Å². The first kappa shape index (κ1) is 15.5. The maximum atomic E-state index is 12.0. The lowest BCUT2D eigenvalue weighted by Crippen LogP contribution is -2.36. The van der Waals surface area contributed by atoms with Crippen LogP contribution in [0.15, 0.2) is 18.2 Å². The van der Waals surface area contributed by atoms with Crippen molar-refractivity contribution in [1.82, 2.24) is 5.32 Å². The first-order valence-electron chi connectivity index (χ1n) is 6.75. The zero-order chi connectivity index (χ0) is 14.4. The molecule has 0 aliphatic heterocycles. The maximum absolute atomic E-state index is 12.0. The summed E-state index contributed by atoms with van der Waals surface area (Å²) in [6, 6.07) is 4.62. The molecule has 0 fully saturated rings. The molecule has 0 aromatic heterocycles. The highest BCUT2D eigenvalue weighted by Gasteiger charge is 2.17. The summed E-state index contributed by atoms with van der Waals surface area (Å²) in [5.74, 6) is 0.134. The van der Waals surface area contributed by atoms with Gasteiger partial charge in [-0.1, -0.05) is 26.7 Å². The van der Waals surface area contributed by atoms with Crippen LogP contribution in [0.1, 0.15) is 42.6 Å². The number of aliphatic hydroxyl groups is 1. The first-order chi connectivity index (χ1) is 8.99. The molecule has 0 saturated heterocycles. The molecular weight excluding hydrogens is 242 g/mol. The summed E-state index contributed by atoms with van der Waals surface area (Å²) in [5, 5.41) is 22.0. The average molecular weight is 265 g/mol. The molecule has 1 aromatic carbocycles. The molecule has 0 aliphatic rings.